The Morgan fingerprint density at radius 2 is 2.15 bits per heavy atom. The quantitative estimate of drug-likeness (QED) is 0.829. The first kappa shape index (κ1) is 14.9. The third-order valence-corrected chi connectivity index (χ3v) is 3.83. The summed E-state index contributed by atoms with van der Waals surface area (Å²) in [6, 6.07) is 3.90. The van der Waals surface area contributed by atoms with Gasteiger partial charge in [0.15, 0.2) is 0 Å². The van der Waals surface area contributed by atoms with Crippen LogP contribution in [-0.4, -0.2) is 46.6 Å². The van der Waals surface area contributed by atoms with Crippen molar-refractivity contribution in [2.24, 2.45) is 0 Å². The lowest BCUT2D eigenvalue weighted by atomic mass is 10.1. The Morgan fingerprint density at radius 1 is 1.40 bits per heavy atom. The molecular weight excluding hydrogens is 254 g/mol. The summed E-state index contributed by atoms with van der Waals surface area (Å²) in [6.45, 7) is 6.27. The topological polar surface area (TPSA) is 65.5 Å². The highest BCUT2D eigenvalue weighted by atomic mass is 16.4. The minimum absolute atomic E-state index is 0.232. The molecule has 2 N–H and O–H groups in total. The third-order valence-electron chi connectivity index (χ3n) is 3.83. The Balaban J connectivity index is 1.73. The van der Waals surface area contributed by atoms with Crippen molar-refractivity contribution in [3.05, 3.63) is 29.6 Å². The molecule has 1 unspecified atom stereocenters. The molecule has 1 fully saturated rings. The van der Waals surface area contributed by atoms with Crippen LogP contribution in [0, 0.1) is 0 Å². The molecule has 0 saturated carbocycles. The van der Waals surface area contributed by atoms with Crippen molar-refractivity contribution < 1.29 is 9.90 Å². The van der Waals surface area contributed by atoms with E-state index in [1.54, 1.807) is 12.1 Å². The number of aromatic carboxylic acids is 1. The molecule has 0 amide bonds. The Hall–Kier alpha value is -1.46. The lowest BCUT2D eigenvalue weighted by molar-refractivity contribution is 0.0696. The Morgan fingerprint density at radius 3 is 2.75 bits per heavy atom. The van der Waals surface area contributed by atoms with E-state index in [2.05, 4.69) is 22.1 Å². The number of hydrogen-bond acceptors (Lipinski definition) is 4. The van der Waals surface area contributed by atoms with Crippen molar-refractivity contribution in [1.29, 1.82) is 0 Å². The van der Waals surface area contributed by atoms with E-state index in [0.29, 0.717) is 12.6 Å². The van der Waals surface area contributed by atoms with Gasteiger partial charge in [0.05, 0.1) is 11.3 Å². The van der Waals surface area contributed by atoms with Crippen LogP contribution in [0.4, 0.5) is 0 Å². The number of rotatable bonds is 6. The number of piperidine rings is 1. The number of likely N-dealkylation sites (tertiary alicyclic amines) is 1. The molecule has 0 spiro atoms. The molecule has 2 heterocycles. The van der Waals surface area contributed by atoms with Crippen LogP contribution in [0.2, 0.25) is 0 Å². The van der Waals surface area contributed by atoms with Crippen LogP contribution in [-0.2, 0) is 6.54 Å². The molecule has 1 saturated heterocycles. The summed E-state index contributed by atoms with van der Waals surface area (Å²) in [7, 11) is 0. The molecule has 1 atom stereocenters. The predicted octanol–water partition coefficient (Wildman–Crippen LogP) is 1.74. The van der Waals surface area contributed by atoms with Gasteiger partial charge in [0.25, 0.3) is 0 Å². The largest absolute Gasteiger partial charge is 0.478 e. The SMILES string of the molecule is CC(CNCc1ccc(C(=O)O)cn1)N1CCCCC1. The fourth-order valence-corrected chi connectivity index (χ4v) is 2.55. The molecular formula is C15H23N3O2. The molecule has 0 aliphatic carbocycles. The maximum absolute atomic E-state index is 10.7. The van der Waals surface area contributed by atoms with Gasteiger partial charge in [0.2, 0.25) is 0 Å². The van der Waals surface area contributed by atoms with Crippen LogP contribution in [0.3, 0.4) is 0 Å². The normalized spacial score (nSPS) is 17.9. The molecule has 2 rings (SSSR count). The highest BCUT2D eigenvalue weighted by Gasteiger charge is 2.15. The van der Waals surface area contributed by atoms with Gasteiger partial charge in [0.1, 0.15) is 0 Å². The fraction of sp³-hybridized carbons (Fsp3) is 0.600. The van der Waals surface area contributed by atoms with Crippen LogP contribution >= 0.6 is 0 Å². The molecule has 1 aliphatic rings. The van der Waals surface area contributed by atoms with E-state index in [1.165, 1.54) is 38.5 Å². The number of pyridine rings is 1. The standard InChI is InChI=1S/C15H23N3O2/c1-12(18-7-3-2-4-8-18)9-16-11-14-6-5-13(10-17-14)15(19)20/h5-6,10,12,16H,2-4,7-9,11H2,1H3,(H,19,20). The number of aromatic nitrogens is 1. The summed E-state index contributed by atoms with van der Waals surface area (Å²) in [5, 5.41) is 12.2. The second kappa shape index (κ2) is 7.36. The second-order valence-electron chi connectivity index (χ2n) is 5.42. The average molecular weight is 277 g/mol. The Bertz CT molecular complexity index is 427. The van der Waals surface area contributed by atoms with E-state index >= 15 is 0 Å². The molecule has 0 aromatic carbocycles. The van der Waals surface area contributed by atoms with E-state index in [9.17, 15) is 4.79 Å². The van der Waals surface area contributed by atoms with E-state index < -0.39 is 5.97 Å². The highest BCUT2D eigenvalue weighted by Crippen LogP contribution is 2.11. The molecule has 1 aliphatic heterocycles. The predicted molar refractivity (Wildman–Crippen MR) is 77.8 cm³/mol. The minimum Gasteiger partial charge on any atom is -0.478 e. The van der Waals surface area contributed by atoms with Crippen LogP contribution in [0.5, 0.6) is 0 Å². The van der Waals surface area contributed by atoms with Crippen molar-refractivity contribution in [3.8, 4) is 0 Å². The fourth-order valence-electron chi connectivity index (χ4n) is 2.55. The molecule has 1 aromatic rings. The summed E-state index contributed by atoms with van der Waals surface area (Å²) in [6.07, 6.45) is 5.38. The smallest absolute Gasteiger partial charge is 0.337 e. The van der Waals surface area contributed by atoms with Crippen LogP contribution < -0.4 is 5.32 Å². The average Bonchev–Trinajstić information content (AvgIpc) is 2.48. The van der Waals surface area contributed by atoms with E-state index in [4.69, 9.17) is 5.11 Å². The van der Waals surface area contributed by atoms with Gasteiger partial charge >= 0.3 is 5.97 Å². The van der Waals surface area contributed by atoms with Gasteiger partial charge < -0.3 is 10.4 Å². The van der Waals surface area contributed by atoms with Crippen LogP contribution in [0.25, 0.3) is 0 Å². The first-order valence-electron chi connectivity index (χ1n) is 7.30. The van der Waals surface area contributed by atoms with Crippen molar-refractivity contribution in [2.75, 3.05) is 19.6 Å². The van der Waals surface area contributed by atoms with Gasteiger partial charge in [-0.15, -0.1) is 0 Å². The number of carboxylic acid groups (broad SMARTS) is 1. The molecule has 1 aromatic heterocycles. The summed E-state index contributed by atoms with van der Waals surface area (Å²) in [5.74, 6) is -0.935. The van der Waals surface area contributed by atoms with Gasteiger partial charge in [-0.05, 0) is 45.0 Å². The molecule has 5 heteroatoms. The van der Waals surface area contributed by atoms with E-state index in [1.807, 2.05) is 0 Å². The lowest BCUT2D eigenvalue weighted by Gasteiger charge is -2.32. The molecule has 5 nitrogen and oxygen atoms in total. The second-order valence-corrected chi connectivity index (χ2v) is 5.42. The number of nitrogens with one attached hydrogen (secondary N) is 1. The van der Waals surface area contributed by atoms with Crippen molar-refractivity contribution in [3.63, 3.8) is 0 Å². The van der Waals surface area contributed by atoms with Gasteiger partial charge in [0, 0.05) is 25.3 Å². The van der Waals surface area contributed by atoms with Crippen LogP contribution in [0.1, 0.15) is 42.2 Å². The molecule has 110 valence electrons. The molecule has 0 bridgehead atoms. The van der Waals surface area contributed by atoms with E-state index in [0.717, 1.165) is 12.2 Å². The van der Waals surface area contributed by atoms with Gasteiger partial charge in [-0.3, -0.25) is 9.88 Å². The maximum Gasteiger partial charge on any atom is 0.337 e. The zero-order valence-corrected chi connectivity index (χ0v) is 12.0. The highest BCUT2D eigenvalue weighted by molar-refractivity contribution is 5.87. The number of carbonyl (C=O) groups is 1. The van der Waals surface area contributed by atoms with Crippen molar-refractivity contribution in [2.45, 2.75) is 38.8 Å². The molecule has 0 radical (unpaired) electrons. The van der Waals surface area contributed by atoms with Gasteiger partial charge in [-0.25, -0.2) is 4.79 Å². The summed E-state index contributed by atoms with van der Waals surface area (Å²) in [4.78, 5) is 17.4. The maximum atomic E-state index is 10.7. The Labute approximate surface area is 120 Å². The van der Waals surface area contributed by atoms with Gasteiger partial charge in [-0.1, -0.05) is 6.42 Å². The summed E-state index contributed by atoms with van der Waals surface area (Å²) in [5.41, 5.74) is 1.11. The van der Waals surface area contributed by atoms with Crippen LogP contribution in [0.15, 0.2) is 18.3 Å². The zero-order chi connectivity index (χ0) is 14.4. The van der Waals surface area contributed by atoms with Gasteiger partial charge in [-0.2, -0.15) is 0 Å². The van der Waals surface area contributed by atoms with Crippen molar-refractivity contribution >= 4 is 5.97 Å². The zero-order valence-electron chi connectivity index (χ0n) is 12.0. The number of nitrogens with zero attached hydrogens (tertiary/aromatic N) is 2. The minimum atomic E-state index is -0.935. The molecule has 20 heavy (non-hydrogen) atoms. The number of hydrogen-bond donors (Lipinski definition) is 2. The third kappa shape index (κ3) is 4.28. The first-order valence-corrected chi connectivity index (χ1v) is 7.30. The monoisotopic (exact) mass is 277 g/mol. The van der Waals surface area contributed by atoms with Crippen molar-refractivity contribution in [1.82, 2.24) is 15.2 Å². The van der Waals surface area contributed by atoms with E-state index in [-0.39, 0.29) is 5.56 Å². The first-order chi connectivity index (χ1) is 9.66. The Kier molecular flexibility index (Phi) is 5.49. The number of carboxylic acids is 1. The lowest BCUT2D eigenvalue weighted by Crippen LogP contribution is -2.43. The summed E-state index contributed by atoms with van der Waals surface area (Å²) < 4.78 is 0. The summed E-state index contributed by atoms with van der Waals surface area (Å²) >= 11 is 0.